The molecule has 1 amide bonds. The van der Waals surface area contributed by atoms with E-state index in [9.17, 15) is 9.90 Å². The van der Waals surface area contributed by atoms with Crippen molar-refractivity contribution in [3.63, 3.8) is 0 Å². The van der Waals surface area contributed by atoms with Gasteiger partial charge in [0, 0.05) is 18.3 Å². The number of hydrogen-bond donors (Lipinski definition) is 2. The van der Waals surface area contributed by atoms with Gasteiger partial charge in [-0.05, 0) is 45.4 Å². The van der Waals surface area contributed by atoms with Crippen molar-refractivity contribution < 1.29 is 9.90 Å². The number of aliphatic hydroxyl groups is 1. The largest absolute Gasteiger partial charge is 0.395 e. The zero-order valence-electron chi connectivity index (χ0n) is 12.3. The molecule has 1 atom stereocenters. The summed E-state index contributed by atoms with van der Waals surface area (Å²) in [5.74, 6) is 0.0206. The minimum Gasteiger partial charge on any atom is -0.395 e. The third kappa shape index (κ3) is 3.58. The summed E-state index contributed by atoms with van der Waals surface area (Å²) in [6.07, 6.45) is 2.12. The Balaban J connectivity index is 1.97. The molecule has 0 aliphatic carbocycles. The summed E-state index contributed by atoms with van der Waals surface area (Å²) < 4.78 is 0. The highest BCUT2D eigenvalue weighted by atomic mass is 16.3. The molecule has 1 unspecified atom stereocenters. The van der Waals surface area contributed by atoms with Crippen LogP contribution in [-0.4, -0.2) is 41.7 Å². The van der Waals surface area contributed by atoms with Crippen LogP contribution in [0.15, 0.2) is 30.3 Å². The van der Waals surface area contributed by atoms with Gasteiger partial charge in [-0.3, -0.25) is 9.69 Å². The van der Waals surface area contributed by atoms with Crippen molar-refractivity contribution in [1.82, 2.24) is 4.90 Å². The highest BCUT2D eigenvalue weighted by Gasteiger charge is 2.34. The first-order valence-corrected chi connectivity index (χ1v) is 7.24. The summed E-state index contributed by atoms with van der Waals surface area (Å²) in [4.78, 5) is 14.6. The van der Waals surface area contributed by atoms with Crippen LogP contribution in [-0.2, 0) is 4.79 Å². The third-order valence-corrected chi connectivity index (χ3v) is 3.95. The van der Waals surface area contributed by atoms with Crippen LogP contribution in [0.5, 0.6) is 0 Å². The van der Waals surface area contributed by atoms with Crippen molar-refractivity contribution in [3.05, 3.63) is 30.3 Å². The topological polar surface area (TPSA) is 52.6 Å². The van der Waals surface area contributed by atoms with Crippen molar-refractivity contribution >= 4 is 11.6 Å². The van der Waals surface area contributed by atoms with Crippen LogP contribution in [0.3, 0.4) is 0 Å². The van der Waals surface area contributed by atoms with Gasteiger partial charge in [-0.15, -0.1) is 0 Å². The number of rotatable bonds is 5. The Morgan fingerprint density at radius 2 is 2.10 bits per heavy atom. The average Bonchev–Trinajstić information content (AvgIpc) is 2.86. The number of amides is 1. The predicted octanol–water partition coefficient (Wildman–Crippen LogP) is 2.11. The maximum Gasteiger partial charge on any atom is 0.231 e. The van der Waals surface area contributed by atoms with Crippen LogP contribution in [0.25, 0.3) is 0 Å². The summed E-state index contributed by atoms with van der Waals surface area (Å²) in [6.45, 7) is 5.73. The quantitative estimate of drug-likeness (QED) is 0.866. The molecule has 1 fully saturated rings. The van der Waals surface area contributed by atoms with Gasteiger partial charge in [0.15, 0.2) is 0 Å². The van der Waals surface area contributed by atoms with E-state index in [1.165, 1.54) is 0 Å². The minimum atomic E-state index is -0.479. The van der Waals surface area contributed by atoms with E-state index < -0.39 is 5.41 Å². The van der Waals surface area contributed by atoms with Crippen LogP contribution in [0, 0.1) is 5.41 Å². The monoisotopic (exact) mass is 276 g/mol. The molecule has 4 nitrogen and oxygen atoms in total. The smallest absolute Gasteiger partial charge is 0.231 e. The molecule has 0 spiro atoms. The molecule has 2 N–H and O–H groups in total. The highest BCUT2D eigenvalue weighted by Crippen LogP contribution is 2.25. The van der Waals surface area contributed by atoms with Crippen molar-refractivity contribution in [2.24, 2.45) is 5.41 Å². The molecule has 1 saturated heterocycles. The molecular weight excluding hydrogens is 252 g/mol. The van der Waals surface area contributed by atoms with Crippen LogP contribution >= 0.6 is 0 Å². The van der Waals surface area contributed by atoms with Gasteiger partial charge in [-0.2, -0.15) is 0 Å². The Bertz CT molecular complexity index is 445. The van der Waals surface area contributed by atoms with Gasteiger partial charge in [0.05, 0.1) is 12.0 Å². The molecule has 110 valence electrons. The number of nitrogens with one attached hydrogen (secondary N) is 1. The zero-order chi connectivity index (χ0) is 14.6. The van der Waals surface area contributed by atoms with Crippen LogP contribution < -0.4 is 5.32 Å². The van der Waals surface area contributed by atoms with Gasteiger partial charge in [0.25, 0.3) is 0 Å². The number of likely N-dealkylation sites (tertiary alicyclic amines) is 1. The van der Waals surface area contributed by atoms with E-state index in [2.05, 4.69) is 10.2 Å². The first kappa shape index (κ1) is 15.0. The van der Waals surface area contributed by atoms with Crippen LogP contribution in [0.2, 0.25) is 0 Å². The number of carbonyl (C=O) groups is 1. The summed E-state index contributed by atoms with van der Waals surface area (Å²) in [7, 11) is 0. The number of aliphatic hydroxyl groups excluding tert-OH is 1. The van der Waals surface area contributed by atoms with Gasteiger partial charge < -0.3 is 10.4 Å². The van der Waals surface area contributed by atoms with Crippen molar-refractivity contribution in [2.45, 2.75) is 32.7 Å². The first-order valence-electron chi connectivity index (χ1n) is 7.24. The SMILES string of the molecule is CC(C)(CN1CCCC1CO)C(=O)Nc1ccccc1. The number of anilines is 1. The Kier molecular flexibility index (Phi) is 4.78. The molecule has 20 heavy (non-hydrogen) atoms. The third-order valence-electron chi connectivity index (χ3n) is 3.95. The number of hydrogen-bond acceptors (Lipinski definition) is 3. The summed E-state index contributed by atoms with van der Waals surface area (Å²) >= 11 is 0. The molecular formula is C16H24N2O2. The molecule has 0 radical (unpaired) electrons. The highest BCUT2D eigenvalue weighted by molar-refractivity contribution is 5.94. The number of carbonyl (C=O) groups excluding carboxylic acids is 1. The zero-order valence-corrected chi connectivity index (χ0v) is 12.3. The first-order chi connectivity index (χ1) is 9.53. The summed E-state index contributed by atoms with van der Waals surface area (Å²) in [6, 6.07) is 9.73. The average molecular weight is 276 g/mol. The molecule has 1 aromatic rings. The Hall–Kier alpha value is -1.39. The lowest BCUT2D eigenvalue weighted by molar-refractivity contribution is -0.125. The second kappa shape index (κ2) is 6.37. The molecule has 1 aliphatic rings. The lowest BCUT2D eigenvalue weighted by Gasteiger charge is -2.32. The van der Waals surface area contributed by atoms with Gasteiger partial charge >= 0.3 is 0 Å². The number of nitrogens with zero attached hydrogens (tertiary/aromatic N) is 1. The lowest BCUT2D eigenvalue weighted by atomic mass is 9.91. The number of benzene rings is 1. The van der Waals surface area contributed by atoms with E-state index in [0.29, 0.717) is 6.54 Å². The van der Waals surface area contributed by atoms with E-state index >= 15 is 0 Å². The van der Waals surface area contributed by atoms with Gasteiger partial charge in [0.1, 0.15) is 0 Å². The molecule has 0 saturated carbocycles. The Labute approximate surface area is 120 Å². The lowest BCUT2D eigenvalue weighted by Crippen LogP contribution is -2.44. The van der Waals surface area contributed by atoms with Crippen molar-refractivity contribution in [2.75, 3.05) is 25.0 Å². The maximum atomic E-state index is 12.4. The number of para-hydroxylation sites is 1. The molecule has 1 heterocycles. The molecule has 1 aromatic carbocycles. The standard InChI is InChI=1S/C16H24N2O2/c1-16(2,12-18-10-6-9-14(18)11-19)15(20)17-13-7-4-3-5-8-13/h3-5,7-8,14,19H,6,9-12H2,1-2H3,(H,17,20). The fraction of sp³-hybridized carbons (Fsp3) is 0.562. The van der Waals surface area contributed by atoms with Gasteiger partial charge in [0.2, 0.25) is 5.91 Å². The Morgan fingerprint density at radius 3 is 2.75 bits per heavy atom. The molecule has 0 bridgehead atoms. The molecule has 2 rings (SSSR count). The molecule has 1 aliphatic heterocycles. The molecule has 4 heteroatoms. The van der Waals surface area contributed by atoms with Crippen molar-refractivity contribution in [3.8, 4) is 0 Å². The second-order valence-electron chi connectivity index (χ2n) is 6.15. The van der Waals surface area contributed by atoms with E-state index in [1.807, 2.05) is 44.2 Å². The normalized spacial score (nSPS) is 20.1. The fourth-order valence-electron chi connectivity index (χ4n) is 2.71. The fourth-order valence-corrected chi connectivity index (χ4v) is 2.71. The minimum absolute atomic E-state index is 0.0206. The molecule has 0 aromatic heterocycles. The van der Waals surface area contributed by atoms with Crippen LogP contribution in [0.1, 0.15) is 26.7 Å². The Morgan fingerprint density at radius 1 is 1.40 bits per heavy atom. The van der Waals surface area contributed by atoms with Crippen molar-refractivity contribution in [1.29, 1.82) is 0 Å². The van der Waals surface area contributed by atoms with Gasteiger partial charge in [-0.25, -0.2) is 0 Å². The van der Waals surface area contributed by atoms with Gasteiger partial charge in [-0.1, -0.05) is 18.2 Å². The second-order valence-corrected chi connectivity index (χ2v) is 6.15. The predicted molar refractivity (Wildman–Crippen MR) is 80.5 cm³/mol. The van der Waals surface area contributed by atoms with E-state index in [4.69, 9.17) is 0 Å². The van der Waals surface area contributed by atoms with E-state index in [0.717, 1.165) is 25.1 Å². The summed E-state index contributed by atoms with van der Waals surface area (Å²) in [5.41, 5.74) is 0.346. The van der Waals surface area contributed by atoms with E-state index in [1.54, 1.807) is 0 Å². The maximum absolute atomic E-state index is 12.4. The van der Waals surface area contributed by atoms with Crippen LogP contribution in [0.4, 0.5) is 5.69 Å². The summed E-state index contributed by atoms with van der Waals surface area (Å²) in [5, 5.41) is 12.3. The van der Waals surface area contributed by atoms with E-state index in [-0.39, 0.29) is 18.6 Å².